The number of ether oxygens (including phenoxy) is 1. The molecule has 0 saturated heterocycles. The second-order valence-corrected chi connectivity index (χ2v) is 8.97. The van der Waals surface area contributed by atoms with Crippen LogP contribution in [0.3, 0.4) is 0 Å². The third-order valence-electron chi connectivity index (χ3n) is 6.19. The van der Waals surface area contributed by atoms with E-state index in [0.717, 1.165) is 16.7 Å². The quantitative estimate of drug-likeness (QED) is 0.338. The summed E-state index contributed by atoms with van der Waals surface area (Å²) in [6, 6.07) is 24.8. The van der Waals surface area contributed by atoms with Crippen LogP contribution in [0, 0.1) is 0 Å². The van der Waals surface area contributed by atoms with Crippen LogP contribution in [0.1, 0.15) is 33.0 Å². The highest BCUT2D eigenvalue weighted by atomic mass is 32.1. The Balaban J connectivity index is 1.36. The largest absolute Gasteiger partial charge is 0.478 e. The number of aromatic carboxylic acids is 1. The zero-order valence-electron chi connectivity index (χ0n) is 18.4. The summed E-state index contributed by atoms with van der Waals surface area (Å²) in [5, 5.41) is 13.3. The van der Waals surface area contributed by atoms with Crippen LogP contribution >= 0.6 is 11.3 Å². The van der Waals surface area contributed by atoms with Crippen LogP contribution in [0.2, 0.25) is 0 Å². The lowest BCUT2D eigenvalue weighted by molar-refractivity contribution is 0.0697. The Labute approximate surface area is 201 Å². The number of anilines is 1. The van der Waals surface area contributed by atoms with E-state index in [0.29, 0.717) is 18.7 Å². The first-order valence-corrected chi connectivity index (χ1v) is 12.0. The molecule has 4 aromatic rings. The second kappa shape index (κ2) is 9.53. The fourth-order valence-electron chi connectivity index (χ4n) is 4.46. The number of fused-ring (bicyclic) bond motifs is 3. The summed E-state index contributed by atoms with van der Waals surface area (Å²) < 4.78 is 5.88. The smallest absolute Gasteiger partial charge is 0.414 e. The standard InChI is InChI=1S/C28H23NO4S/c30-27(31)20-9-11-21(12-10-20)29(15-13-19-14-16-34-18-19)28(32)33-17-26-24-7-3-1-5-22(24)23-6-2-4-8-25(23)26/h1-12,14,16,18,26H,13,15,17H2,(H,30,31). The van der Waals surface area contributed by atoms with Crippen molar-refractivity contribution in [1.29, 1.82) is 0 Å². The second-order valence-electron chi connectivity index (χ2n) is 8.19. The molecule has 0 bridgehead atoms. The number of carboxylic acid groups (broad SMARTS) is 1. The maximum absolute atomic E-state index is 13.3. The van der Waals surface area contributed by atoms with Crippen molar-refractivity contribution in [3.63, 3.8) is 0 Å². The first kappa shape index (κ1) is 21.9. The highest BCUT2D eigenvalue weighted by molar-refractivity contribution is 7.07. The third kappa shape index (κ3) is 4.32. The Morgan fingerprint density at radius 3 is 2.12 bits per heavy atom. The number of thiophene rings is 1. The van der Waals surface area contributed by atoms with Crippen LogP contribution in [0.4, 0.5) is 10.5 Å². The zero-order chi connectivity index (χ0) is 23.5. The molecule has 3 aromatic carbocycles. The van der Waals surface area contributed by atoms with Crippen molar-refractivity contribution in [2.75, 3.05) is 18.1 Å². The van der Waals surface area contributed by atoms with E-state index >= 15 is 0 Å². The van der Waals surface area contributed by atoms with Crippen molar-refractivity contribution in [2.45, 2.75) is 12.3 Å². The van der Waals surface area contributed by atoms with Gasteiger partial charge in [-0.1, -0.05) is 48.5 Å². The average molecular weight is 470 g/mol. The number of rotatable bonds is 7. The van der Waals surface area contributed by atoms with Gasteiger partial charge in [-0.3, -0.25) is 4.90 Å². The number of hydrogen-bond acceptors (Lipinski definition) is 4. The SMILES string of the molecule is O=C(O)c1ccc(N(CCc2ccsc2)C(=O)OCC2c3ccccc3-c3ccccc32)cc1. The molecule has 1 N–H and O–H groups in total. The highest BCUT2D eigenvalue weighted by Crippen LogP contribution is 2.44. The minimum atomic E-state index is -1.00. The highest BCUT2D eigenvalue weighted by Gasteiger charge is 2.30. The van der Waals surface area contributed by atoms with E-state index in [2.05, 4.69) is 29.6 Å². The number of benzene rings is 3. The van der Waals surface area contributed by atoms with Gasteiger partial charge in [0, 0.05) is 18.2 Å². The van der Waals surface area contributed by atoms with Gasteiger partial charge in [-0.05, 0) is 75.3 Å². The van der Waals surface area contributed by atoms with Gasteiger partial charge in [0.15, 0.2) is 0 Å². The van der Waals surface area contributed by atoms with Gasteiger partial charge in [0.1, 0.15) is 6.61 Å². The molecule has 0 aliphatic heterocycles. The van der Waals surface area contributed by atoms with Crippen molar-refractivity contribution in [3.05, 3.63) is 112 Å². The van der Waals surface area contributed by atoms with Crippen LogP contribution in [0.15, 0.2) is 89.6 Å². The minimum Gasteiger partial charge on any atom is -0.478 e. The van der Waals surface area contributed by atoms with Gasteiger partial charge in [-0.2, -0.15) is 11.3 Å². The van der Waals surface area contributed by atoms with E-state index in [1.165, 1.54) is 23.3 Å². The molecule has 1 aromatic heterocycles. The first-order chi connectivity index (χ1) is 16.6. The molecule has 1 aliphatic rings. The van der Waals surface area contributed by atoms with Gasteiger partial charge in [0.2, 0.25) is 0 Å². The molecule has 0 fully saturated rings. The van der Waals surface area contributed by atoms with Gasteiger partial charge in [-0.25, -0.2) is 9.59 Å². The number of carboxylic acids is 1. The molecule has 0 atom stereocenters. The predicted octanol–water partition coefficient (Wildman–Crippen LogP) is 6.44. The summed E-state index contributed by atoms with van der Waals surface area (Å²) in [6.07, 6.45) is 0.231. The van der Waals surface area contributed by atoms with Crippen molar-refractivity contribution in [1.82, 2.24) is 0 Å². The molecule has 34 heavy (non-hydrogen) atoms. The Morgan fingerprint density at radius 1 is 0.882 bits per heavy atom. The molecule has 170 valence electrons. The maximum Gasteiger partial charge on any atom is 0.414 e. The monoisotopic (exact) mass is 469 g/mol. The van der Waals surface area contributed by atoms with Crippen LogP contribution < -0.4 is 4.90 Å². The lowest BCUT2D eigenvalue weighted by Gasteiger charge is -2.24. The predicted molar refractivity (Wildman–Crippen MR) is 134 cm³/mol. The molecule has 0 spiro atoms. The van der Waals surface area contributed by atoms with Crippen molar-refractivity contribution >= 4 is 29.1 Å². The molecule has 5 nitrogen and oxygen atoms in total. The van der Waals surface area contributed by atoms with Crippen molar-refractivity contribution in [2.24, 2.45) is 0 Å². The molecule has 6 heteroatoms. The van der Waals surface area contributed by atoms with Crippen LogP contribution in [-0.2, 0) is 11.2 Å². The molecule has 1 heterocycles. The van der Waals surface area contributed by atoms with Crippen molar-refractivity contribution < 1.29 is 19.4 Å². The maximum atomic E-state index is 13.3. The number of amides is 1. The molecule has 5 rings (SSSR count). The topological polar surface area (TPSA) is 66.8 Å². The fraction of sp³-hybridized carbons (Fsp3) is 0.143. The van der Waals surface area contributed by atoms with Gasteiger partial charge in [-0.15, -0.1) is 0 Å². The zero-order valence-corrected chi connectivity index (χ0v) is 19.2. The summed E-state index contributed by atoms with van der Waals surface area (Å²) in [7, 11) is 0. The fourth-order valence-corrected chi connectivity index (χ4v) is 5.16. The molecular weight excluding hydrogens is 446 g/mol. The van der Waals surface area contributed by atoms with E-state index in [1.54, 1.807) is 28.4 Å². The molecule has 1 amide bonds. The minimum absolute atomic E-state index is 0.0236. The van der Waals surface area contributed by atoms with Crippen LogP contribution in [0.25, 0.3) is 11.1 Å². The van der Waals surface area contributed by atoms with Crippen LogP contribution in [-0.4, -0.2) is 30.3 Å². The van der Waals surface area contributed by atoms with Gasteiger partial charge in [0.05, 0.1) is 5.56 Å². The Morgan fingerprint density at radius 2 is 1.53 bits per heavy atom. The number of carbonyl (C=O) groups is 2. The lowest BCUT2D eigenvalue weighted by Crippen LogP contribution is -2.34. The molecular formula is C28H23NO4S. The molecule has 0 saturated carbocycles. The van der Waals surface area contributed by atoms with E-state index in [4.69, 9.17) is 4.74 Å². The first-order valence-electron chi connectivity index (χ1n) is 11.1. The Hall–Kier alpha value is -3.90. The molecule has 1 aliphatic carbocycles. The van der Waals surface area contributed by atoms with E-state index in [-0.39, 0.29) is 18.1 Å². The van der Waals surface area contributed by atoms with Crippen LogP contribution in [0.5, 0.6) is 0 Å². The normalized spacial score (nSPS) is 12.1. The molecule has 0 unspecified atom stereocenters. The van der Waals surface area contributed by atoms with Gasteiger partial charge < -0.3 is 9.84 Å². The van der Waals surface area contributed by atoms with E-state index in [1.807, 2.05) is 35.7 Å². The van der Waals surface area contributed by atoms with Crippen molar-refractivity contribution in [3.8, 4) is 11.1 Å². The van der Waals surface area contributed by atoms with E-state index < -0.39 is 12.1 Å². The number of hydrogen-bond donors (Lipinski definition) is 1. The average Bonchev–Trinajstić information content (AvgIpc) is 3.49. The van der Waals surface area contributed by atoms with Gasteiger partial charge >= 0.3 is 12.1 Å². The summed E-state index contributed by atoms with van der Waals surface area (Å²) in [5.41, 5.74) is 6.60. The summed E-state index contributed by atoms with van der Waals surface area (Å²) >= 11 is 1.61. The van der Waals surface area contributed by atoms with E-state index in [9.17, 15) is 14.7 Å². The Bertz CT molecular complexity index is 1270. The van der Waals surface area contributed by atoms with Gasteiger partial charge in [0.25, 0.3) is 0 Å². The summed E-state index contributed by atoms with van der Waals surface area (Å²) in [6.45, 7) is 0.662. The summed E-state index contributed by atoms with van der Waals surface area (Å²) in [4.78, 5) is 26.1. The lowest BCUT2D eigenvalue weighted by atomic mass is 9.98. The summed E-state index contributed by atoms with van der Waals surface area (Å²) in [5.74, 6) is -1.03. The third-order valence-corrected chi connectivity index (χ3v) is 6.92. The molecule has 0 radical (unpaired) electrons. The number of nitrogens with zero attached hydrogens (tertiary/aromatic N) is 1. The Kier molecular flexibility index (Phi) is 6.14. The number of carbonyl (C=O) groups excluding carboxylic acids is 1.